The highest BCUT2D eigenvalue weighted by Gasteiger charge is 2.32. The molecule has 0 N–H and O–H groups in total. The van der Waals surface area contributed by atoms with Crippen LogP contribution in [-0.4, -0.2) is 25.9 Å². The summed E-state index contributed by atoms with van der Waals surface area (Å²) >= 11 is 6.58. The van der Waals surface area contributed by atoms with Gasteiger partial charge in [0, 0.05) is 5.56 Å². The van der Waals surface area contributed by atoms with Gasteiger partial charge >= 0.3 is 5.97 Å². The summed E-state index contributed by atoms with van der Waals surface area (Å²) < 4.78 is 23.8. The fourth-order valence-electron chi connectivity index (χ4n) is 3.66. The highest BCUT2D eigenvalue weighted by molar-refractivity contribution is 6.32. The van der Waals surface area contributed by atoms with Gasteiger partial charge in [-0.1, -0.05) is 62.6 Å². The van der Waals surface area contributed by atoms with Gasteiger partial charge in [-0.05, 0) is 54.0 Å². The number of esters is 1. The van der Waals surface area contributed by atoms with Crippen molar-refractivity contribution in [3.8, 4) is 16.9 Å². The Morgan fingerprint density at radius 2 is 1.87 bits per heavy atom. The summed E-state index contributed by atoms with van der Waals surface area (Å²) in [6, 6.07) is 11.9. The number of ether oxygens (including phenoxy) is 2. The van der Waals surface area contributed by atoms with Crippen molar-refractivity contribution < 1.29 is 18.7 Å². The average Bonchev–Trinajstić information content (AvgIpc) is 3.55. The van der Waals surface area contributed by atoms with E-state index in [1.807, 2.05) is 25.1 Å². The van der Waals surface area contributed by atoms with Crippen LogP contribution >= 0.6 is 11.6 Å². The molecular formula is C25H30ClFO3. The molecule has 1 saturated carbocycles. The van der Waals surface area contributed by atoms with Crippen molar-refractivity contribution in [2.24, 2.45) is 5.92 Å². The number of carbonyl (C=O) groups excluding carboxylic acids is 1. The van der Waals surface area contributed by atoms with Gasteiger partial charge in [0.15, 0.2) is 0 Å². The van der Waals surface area contributed by atoms with Crippen molar-refractivity contribution in [3.63, 3.8) is 0 Å². The molecule has 0 radical (unpaired) electrons. The van der Waals surface area contributed by atoms with Crippen LogP contribution in [0.4, 0.5) is 4.39 Å². The fraction of sp³-hybridized carbons (Fsp3) is 0.480. The van der Waals surface area contributed by atoms with Crippen LogP contribution in [0.5, 0.6) is 5.75 Å². The Hall–Kier alpha value is -2.07. The van der Waals surface area contributed by atoms with Crippen molar-refractivity contribution in [2.45, 2.75) is 51.9 Å². The van der Waals surface area contributed by atoms with Gasteiger partial charge in [-0.15, -0.1) is 0 Å². The van der Waals surface area contributed by atoms with Crippen molar-refractivity contribution >= 4 is 17.6 Å². The smallest absolute Gasteiger partial charge is 0.313 e. The molecule has 1 unspecified atom stereocenters. The predicted octanol–water partition coefficient (Wildman–Crippen LogP) is 6.93. The largest absolute Gasteiger partial charge is 0.489 e. The van der Waals surface area contributed by atoms with Gasteiger partial charge in [-0.25, -0.2) is 4.39 Å². The molecule has 30 heavy (non-hydrogen) atoms. The summed E-state index contributed by atoms with van der Waals surface area (Å²) in [5.74, 6) is 0.833. The maximum Gasteiger partial charge on any atom is 0.313 e. The minimum atomic E-state index is -0.600. The maximum absolute atomic E-state index is 12.8. The Morgan fingerprint density at radius 3 is 2.43 bits per heavy atom. The van der Waals surface area contributed by atoms with Gasteiger partial charge in [0.1, 0.15) is 19.0 Å². The third kappa shape index (κ3) is 5.54. The lowest BCUT2D eigenvalue weighted by Crippen LogP contribution is -2.17. The number of alkyl halides is 1. The quantitative estimate of drug-likeness (QED) is 0.382. The molecule has 162 valence electrons. The molecule has 0 heterocycles. The highest BCUT2D eigenvalue weighted by atomic mass is 35.5. The Labute approximate surface area is 183 Å². The van der Waals surface area contributed by atoms with E-state index < -0.39 is 6.67 Å². The van der Waals surface area contributed by atoms with Crippen LogP contribution in [0.3, 0.4) is 0 Å². The minimum absolute atomic E-state index is 0.0699. The second kappa shape index (κ2) is 10.3. The average molecular weight is 433 g/mol. The van der Waals surface area contributed by atoms with Crippen LogP contribution in [0.2, 0.25) is 5.02 Å². The molecule has 1 aliphatic rings. The Balaban J connectivity index is 2.05. The number of benzene rings is 2. The van der Waals surface area contributed by atoms with E-state index >= 15 is 0 Å². The maximum atomic E-state index is 12.8. The van der Waals surface area contributed by atoms with Crippen LogP contribution in [-0.2, 0) is 9.53 Å². The molecule has 2 aromatic carbocycles. The Bertz CT molecular complexity index is 859. The van der Waals surface area contributed by atoms with Crippen LogP contribution in [0, 0.1) is 5.92 Å². The number of halogens is 2. The second-order valence-electron chi connectivity index (χ2n) is 8.18. The zero-order valence-electron chi connectivity index (χ0n) is 17.9. The Kier molecular flexibility index (Phi) is 7.76. The number of hydrogen-bond donors (Lipinski definition) is 0. The van der Waals surface area contributed by atoms with Crippen LogP contribution in [0.25, 0.3) is 11.1 Å². The normalized spacial score (nSPS) is 14.6. The molecule has 0 aliphatic heterocycles. The summed E-state index contributed by atoms with van der Waals surface area (Å²) in [6.45, 7) is 5.77. The third-order valence-electron chi connectivity index (χ3n) is 5.52. The molecule has 2 aromatic rings. The SMILES string of the molecule is CCOC(=O)C(CC1CC1)c1cc(Cl)c(OCCF)c(-c2ccc(C(C)C)cc2)c1. The van der Waals surface area contributed by atoms with Crippen molar-refractivity contribution in [1.29, 1.82) is 0 Å². The van der Waals surface area contributed by atoms with Crippen molar-refractivity contribution in [3.05, 3.63) is 52.5 Å². The molecular weight excluding hydrogens is 403 g/mol. The molecule has 3 nitrogen and oxygen atoms in total. The summed E-state index contributed by atoms with van der Waals surface area (Å²) in [7, 11) is 0. The lowest BCUT2D eigenvalue weighted by atomic mass is 9.90. The van der Waals surface area contributed by atoms with Gasteiger partial charge < -0.3 is 9.47 Å². The van der Waals surface area contributed by atoms with Crippen molar-refractivity contribution in [1.82, 2.24) is 0 Å². The van der Waals surface area contributed by atoms with E-state index in [1.54, 1.807) is 6.07 Å². The van der Waals surface area contributed by atoms with Gasteiger partial charge in [0.05, 0.1) is 17.5 Å². The van der Waals surface area contributed by atoms with E-state index in [0.29, 0.717) is 29.2 Å². The summed E-state index contributed by atoms with van der Waals surface area (Å²) in [6.07, 6.45) is 3.04. The standard InChI is InChI=1S/C25H30ClFO3/c1-4-29-25(28)22(13-17-5-6-17)20-14-21(24(23(26)15-20)30-12-11-27)19-9-7-18(8-10-19)16(2)3/h7-10,14-17,22H,4-6,11-13H2,1-3H3. The zero-order chi connectivity index (χ0) is 21.7. The molecule has 0 saturated heterocycles. The molecule has 5 heteroatoms. The number of rotatable bonds is 10. The summed E-state index contributed by atoms with van der Waals surface area (Å²) in [4.78, 5) is 12.7. The van der Waals surface area contributed by atoms with Crippen LogP contribution in [0.15, 0.2) is 36.4 Å². The van der Waals surface area contributed by atoms with E-state index in [-0.39, 0.29) is 18.5 Å². The van der Waals surface area contributed by atoms with Crippen molar-refractivity contribution in [2.75, 3.05) is 19.9 Å². The Morgan fingerprint density at radius 1 is 1.17 bits per heavy atom. The van der Waals surface area contributed by atoms with E-state index in [0.717, 1.165) is 36.0 Å². The molecule has 0 bridgehead atoms. The first-order valence-corrected chi connectivity index (χ1v) is 11.1. The van der Waals surface area contributed by atoms with E-state index in [9.17, 15) is 9.18 Å². The summed E-state index contributed by atoms with van der Waals surface area (Å²) in [5, 5.41) is 0.383. The minimum Gasteiger partial charge on any atom is -0.489 e. The summed E-state index contributed by atoms with van der Waals surface area (Å²) in [5.41, 5.74) is 3.74. The van der Waals surface area contributed by atoms with Gasteiger partial charge in [-0.2, -0.15) is 0 Å². The molecule has 3 rings (SSSR count). The molecule has 1 fully saturated rings. The lowest BCUT2D eigenvalue weighted by Gasteiger charge is -2.20. The molecule has 0 amide bonds. The van der Waals surface area contributed by atoms with Crippen LogP contribution in [0.1, 0.15) is 63.0 Å². The van der Waals surface area contributed by atoms with Crippen LogP contribution < -0.4 is 4.74 Å². The molecule has 1 aliphatic carbocycles. The van der Waals surface area contributed by atoms with Gasteiger partial charge in [-0.3, -0.25) is 4.79 Å². The van der Waals surface area contributed by atoms with Gasteiger partial charge in [0.2, 0.25) is 0 Å². The lowest BCUT2D eigenvalue weighted by molar-refractivity contribution is -0.145. The van der Waals surface area contributed by atoms with Gasteiger partial charge in [0.25, 0.3) is 0 Å². The first-order chi connectivity index (χ1) is 14.4. The predicted molar refractivity (Wildman–Crippen MR) is 119 cm³/mol. The van der Waals surface area contributed by atoms with E-state index in [4.69, 9.17) is 21.1 Å². The second-order valence-corrected chi connectivity index (χ2v) is 8.58. The van der Waals surface area contributed by atoms with E-state index in [2.05, 4.69) is 26.0 Å². The number of carbonyl (C=O) groups is 1. The fourth-order valence-corrected chi connectivity index (χ4v) is 3.95. The zero-order valence-corrected chi connectivity index (χ0v) is 18.7. The molecule has 0 aromatic heterocycles. The molecule has 1 atom stereocenters. The number of hydrogen-bond acceptors (Lipinski definition) is 3. The topological polar surface area (TPSA) is 35.5 Å². The molecule has 0 spiro atoms. The third-order valence-corrected chi connectivity index (χ3v) is 5.80. The first-order valence-electron chi connectivity index (χ1n) is 10.7. The highest BCUT2D eigenvalue weighted by Crippen LogP contribution is 2.44. The first kappa shape index (κ1) is 22.6. The van der Waals surface area contributed by atoms with E-state index in [1.165, 1.54) is 5.56 Å². The monoisotopic (exact) mass is 432 g/mol.